The van der Waals surface area contributed by atoms with Crippen molar-refractivity contribution in [3.8, 4) is 0 Å². The van der Waals surface area contributed by atoms with E-state index in [4.69, 9.17) is 0 Å². The van der Waals surface area contributed by atoms with Crippen molar-refractivity contribution in [1.82, 2.24) is 9.21 Å². The van der Waals surface area contributed by atoms with Gasteiger partial charge in [0.1, 0.15) is 5.82 Å². The number of nitrogens with zero attached hydrogens (tertiary/aromatic N) is 3. The number of anilines is 1. The maximum absolute atomic E-state index is 13.0. The summed E-state index contributed by atoms with van der Waals surface area (Å²) in [4.78, 5) is 16.7. The van der Waals surface area contributed by atoms with Gasteiger partial charge in [0.15, 0.2) is 0 Å². The lowest BCUT2D eigenvalue weighted by molar-refractivity contribution is 0.0746. The van der Waals surface area contributed by atoms with Crippen LogP contribution in [0, 0.1) is 5.82 Å². The van der Waals surface area contributed by atoms with E-state index in [9.17, 15) is 17.6 Å². The summed E-state index contributed by atoms with van der Waals surface area (Å²) in [5.74, 6) is -0.394. The minimum atomic E-state index is -3.51. The average Bonchev–Trinajstić information content (AvgIpc) is 2.68. The third kappa shape index (κ3) is 4.12. The number of carbonyl (C=O) groups is 1. The second kappa shape index (κ2) is 7.66. The van der Waals surface area contributed by atoms with Gasteiger partial charge in [-0.2, -0.15) is 0 Å². The number of piperazine rings is 1. The van der Waals surface area contributed by atoms with Gasteiger partial charge in [-0.3, -0.25) is 4.79 Å². The lowest BCUT2D eigenvalue weighted by atomic mass is 10.1. The highest BCUT2D eigenvalue weighted by molar-refractivity contribution is 7.89. The largest absolute Gasteiger partial charge is 0.368 e. The molecule has 2 aromatic rings. The zero-order valence-electron chi connectivity index (χ0n) is 15.3. The Kier molecular flexibility index (Phi) is 5.48. The molecule has 6 nitrogen and oxygen atoms in total. The summed E-state index contributed by atoms with van der Waals surface area (Å²) in [5.41, 5.74) is 1.39. The molecule has 0 atom stereocenters. The van der Waals surface area contributed by atoms with Crippen molar-refractivity contribution in [2.75, 3.05) is 45.2 Å². The highest BCUT2D eigenvalue weighted by Crippen LogP contribution is 2.19. The van der Waals surface area contributed by atoms with Crippen molar-refractivity contribution in [2.24, 2.45) is 0 Å². The van der Waals surface area contributed by atoms with Gasteiger partial charge in [-0.1, -0.05) is 0 Å². The van der Waals surface area contributed by atoms with Gasteiger partial charge in [-0.05, 0) is 48.5 Å². The normalized spacial score (nSPS) is 15.3. The molecule has 0 aliphatic carbocycles. The second-order valence-corrected chi connectivity index (χ2v) is 8.72. The summed E-state index contributed by atoms with van der Waals surface area (Å²) in [6.07, 6.45) is 0. The van der Waals surface area contributed by atoms with E-state index in [0.29, 0.717) is 31.7 Å². The lowest BCUT2D eigenvalue weighted by Gasteiger charge is -2.36. The zero-order valence-corrected chi connectivity index (χ0v) is 16.1. The highest BCUT2D eigenvalue weighted by Gasteiger charge is 2.23. The lowest BCUT2D eigenvalue weighted by Crippen LogP contribution is -2.48. The van der Waals surface area contributed by atoms with Crippen LogP contribution in [-0.2, 0) is 10.0 Å². The smallest absolute Gasteiger partial charge is 0.253 e. The van der Waals surface area contributed by atoms with Crippen LogP contribution in [0.15, 0.2) is 53.4 Å². The average molecular weight is 391 g/mol. The summed E-state index contributed by atoms with van der Waals surface area (Å²) in [6, 6.07) is 12.3. The van der Waals surface area contributed by atoms with Gasteiger partial charge in [0.05, 0.1) is 4.90 Å². The number of rotatable bonds is 4. The molecule has 0 saturated carbocycles. The Labute approximate surface area is 158 Å². The predicted octanol–water partition coefficient (Wildman–Crippen LogP) is 2.04. The van der Waals surface area contributed by atoms with Crippen LogP contribution in [0.4, 0.5) is 10.1 Å². The molecule has 0 spiro atoms. The van der Waals surface area contributed by atoms with Crippen molar-refractivity contribution < 1.29 is 17.6 Å². The fraction of sp³-hybridized carbons (Fsp3) is 0.316. The van der Waals surface area contributed by atoms with E-state index in [1.54, 1.807) is 29.2 Å². The van der Waals surface area contributed by atoms with Crippen LogP contribution in [0.25, 0.3) is 0 Å². The molecule has 3 rings (SSSR count). The molecule has 8 heteroatoms. The van der Waals surface area contributed by atoms with Gasteiger partial charge in [0.2, 0.25) is 10.0 Å². The third-order valence-electron chi connectivity index (χ3n) is 4.64. The predicted molar refractivity (Wildman–Crippen MR) is 102 cm³/mol. The molecule has 1 aliphatic rings. The number of sulfonamides is 1. The van der Waals surface area contributed by atoms with E-state index in [2.05, 4.69) is 4.90 Å². The van der Waals surface area contributed by atoms with Gasteiger partial charge in [-0.15, -0.1) is 0 Å². The number of hydrogen-bond donors (Lipinski definition) is 0. The number of carbonyl (C=O) groups excluding carboxylic acids is 1. The van der Waals surface area contributed by atoms with Crippen molar-refractivity contribution in [1.29, 1.82) is 0 Å². The van der Waals surface area contributed by atoms with Gasteiger partial charge in [-0.25, -0.2) is 17.1 Å². The van der Waals surface area contributed by atoms with Crippen molar-refractivity contribution in [2.45, 2.75) is 4.90 Å². The molecule has 2 aromatic carbocycles. The van der Waals surface area contributed by atoms with Crippen LogP contribution in [-0.4, -0.2) is 63.8 Å². The molecule has 1 amide bonds. The Morgan fingerprint density at radius 2 is 1.48 bits per heavy atom. The summed E-state index contributed by atoms with van der Waals surface area (Å²) in [6.45, 7) is 2.41. The monoisotopic (exact) mass is 391 g/mol. The molecule has 0 aromatic heterocycles. The Hall–Kier alpha value is -2.45. The minimum absolute atomic E-state index is 0.123. The molecule has 0 unspecified atom stereocenters. The van der Waals surface area contributed by atoms with Crippen LogP contribution in [0.5, 0.6) is 0 Å². The Morgan fingerprint density at radius 1 is 0.926 bits per heavy atom. The number of hydrogen-bond acceptors (Lipinski definition) is 4. The van der Waals surface area contributed by atoms with E-state index in [-0.39, 0.29) is 16.6 Å². The molecule has 1 heterocycles. The molecule has 1 aliphatic heterocycles. The van der Waals surface area contributed by atoms with E-state index >= 15 is 0 Å². The quantitative estimate of drug-likeness (QED) is 0.800. The van der Waals surface area contributed by atoms with Gasteiger partial charge in [0, 0.05) is 51.5 Å². The fourth-order valence-corrected chi connectivity index (χ4v) is 3.88. The minimum Gasteiger partial charge on any atom is -0.368 e. The summed E-state index contributed by atoms with van der Waals surface area (Å²) in [7, 11) is -0.576. The van der Waals surface area contributed by atoms with E-state index in [1.165, 1.54) is 38.4 Å². The first-order valence-electron chi connectivity index (χ1n) is 8.61. The molecular formula is C19H22FN3O3S. The van der Waals surface area contributed by atoms with Gasteiger partial charge in [0.25, 0.3) is 5.91 Å². The van der Waals surface area contributed by atoms with Crippen LogP contribution >= 0.6 is 0 Å². The molecule has 27 heavy (non-hydrogen) atoms. The molecule has 0 N–H and O–H groups in total. The number of halogens is 1. The van der Waals surface area contributed by atoms with Crippen LogP contribution in [0.3, 0.4) is 0 Å². The first kappa shape index (κ1) is 19.3. The molecule has 1 fully saturated rings. The second-order valence-electron chi connectivity index (χ2n) is 6.57. The Morgan fingerprint density at radius 3 is 2.00 bits per heavy atom. The first-order chi connectivity index (χ1) is 12.8. The molecule has 0 bridgehead atoms. The SMILES string of the molecule is CN(C)S(=O)(=O)c1ccc(C(=O)N2CCN(c3ccc(F)cc3)CC2)cc1. The van der Waals surface area contributed by atoms with Gasteiger partial charge >= 0.3 is 0 Å². The Bertz CT molecular complexity index is 904. The molecule has 144 valence electrons. The maximum atomic E-state index is 13.0. The molecule has 1 saturated heterocycles. The summed E-state index contributed by atoms with van der Waals surface area (Å²) >= 11 is 0. The topological polar surface area (TPSA) is 60.9 Å². The molecule has 0 radical (unpaired) electrons. The maximum Gasteiger partial charge on any atom is 0.253 e. The fourth-order valence-electron chi connectivity index (χ4n) is 2.98. The van der Waals surface area contributed by atoms with Crippen molar-refractivity contribution in [3.05, 3.63) is 59.9 Å². The van der Waals surface area contributed by atoms with E-state index in [0.717, 1.165) is 9.99 Å². The van der Waals surface area contributed by atoms with Gasteiger partial charge < -0.3 is 9.80 Å². The highest BCUT2D eigenvalue weighted by atomic mass is 32.2. The summed E-state index contributed by atoms with van der Waals surface area (Å²) in [5, 5.41) is 0. The molecular weight excluding hydrogens is 369 g/mol. The summed E-state index contributed by atoms with van der Waals surface area (Å²) < 4.78 is 38.4. The number of benzene rings is 2. The van der Waals surface area contributed by atoms with E-state index < -0.39 is 10.0 Å². The number of amides is 1. The van der Waals surface area contributed by atoms with Crippen LogP contribution in [0.1, 0.15) is 10.4 Å². The first-order valence-corrected chi connectivity index (χ1v) is 10.1. The standard InChI is InChI=1S/C19H22FN3O3S/c1-21(2)27(25,26)18-9-3-15(4-10-18)19(24)23-13-11-22(12-14-23)17-7-5-16(20)6-8-17/h3-10H,11-14H2,1-2H3. The van der Waals surface area contributed by atoms with Crippen LogP contribution < -0.4 is 4.90 Å². The Balaban J connectivity index is 1.65. The zero-order chi connectivity index (χ0) is 19.6. The third-order valence-corrected chi connectivity index (χ3v) is 6.47. The van der Waals surface area contributed by atoms with Crippen molar-refractivity contribution >= 4 is 21.6 Å². The van der Waals surface area contributed by atoms with Crippen LogP contribution in [0.2, 0.25) is 0 Å². The van der Waals surface area contributed by atoms with E-state index in [1.807, 2.05) is 0 Å². The van der Waals surface area contributed by atoms with Crippen molar-refractivity contribution in [3.63, 3.8) is 0 Å².